The molecule has 2 amide bonds. The molecule has 2 rings (SSSR count). The van der Waals surface area contributed by atoms with Crippen LogP contribution in [0.2, 0.25) is 0 Å². The van der Waals surface area contributed by atoms with Crippen molar-refractivity contribution in [1.29, 1.82) is 0 Å². The predicted molar refractivity (Wildman–Crippen MR) is 85.0 cm³/mol. The normalized spacial score (nSPS) is 11.5. The van der Waals surface area contributed by atoms with Gasteiger partial charge in [-0.3, -0.25) is 4.79 Å². The number of rotatable bonds is 5. The van der Waals surface area contributed by atoms with E-state index in [0.717, 1.165) is 0 Å². The Labute approximate surface area is 129 Å². The molecular weight excluding hydrogens is 280 g/mol. The third-order valence-corrected chi connectivity index (χ3v) is 3.07. The highest BCUT2D eigenvalue weighted by Crippen LogP contribution is 2.15. The van der Waals surface area contributed by atoms with Crippen LogP contribution in [0.4, 0.5) is 10.5 Å². The van der Waals surface area contributed by atoms with Gasteiger partial charge in [0.25, 0.3) is 0 Å². The van der Waals surface area contributed by atoms with Crippen LogP contribution in [0, 0.1) is 0 Å². The van der Waals surface area contributed by atoms with E-state index in [1.807, 2.05) is 6.07 Å². The maximum absolute atomic E-state index is 12.3. The number of hydrogen-bond donors (Lipinski definition) is 3. The maximum atomic E-state index is 12.3. The largest absolute Gasteiger partial charge is 0.394 e. The third-order valence-electron chi connectivity index (χ3n) is 3.07. The Kier molecular flexibility index (Phi) is 5.27. The highest BCUT2D eigenvalue weighted by molar-refractivity contribution is 6.09. The second-order valence-electron chi connectivity index (χ2n) is 4.96. The summed E-state index contributed by atoms with van der Waals surface area (Å²) in [6.07, 6.45) is 0. The van der Waals surface area contributed by atoms with E-state index >= 15 is 0 Å². The van der Waals surface area contributed by atoms with Gasteiger partial charge in [0.2, 0.25) is 0 Å². The lowest BCUT2D eigenvalue weighted by Crippen LogP contribution is -2.38. The minimum atomic E-state index is -0.425. The Balaban J connectivity index is 2.10. The van der Waals surface area contributed by atoms with Gasteiger partial charge in [-0.05, 0) is 19.1 Å². The van der Waals surface area contributed by atoms with Gasteiger partial charge >= 0.3 is 6.03 Å². The zero-order chi connectivity index (χ0) is 15.9. The first-order chi connectivity index (χ1) is 10.6. The molecule has 0 radical (unpaired) electrons. The molecule has 22 heavy (non-hydrogen) atoms. The summed E-state index contributed by atoms with van der Waals surface area (Å²) in [5, 5.41) is 14.1. The van der Waals surface area contributed by atoms with E-state index in [4.69, 9.17) is 5.11 Å². The summed E-state index contributed by atoms with van der Waals surface area (Å²) in [5.41, 5.74) is 1.61. The lowest BCUT2D eigenvalue weighted by atomic mass is 10.0. The van der Waals surface area contributed by atoms with Crippen LogP contribution in [0.5, 0.6) is 0 Å². The first-order valence-corrected chi connectivity index (χ1v) is 6.98. The fourth-order valence-electron chi connectivity index (χ4n) is 1.93. The Bertz CT molecular complexity index is 656. The monoisotopic (exact) mass is 298 g/mol. The number of nitrogens with one attached hydrogen (secondary N) is 2. The number of ketones is 1. The lowest BCUT2D eigenvalue weighted by Gasteiger charge is -2.12. The SMILES string of the molecule is CC(CO)NC(=O)Nc1cccc(C(=O)c2ccccc2)c1. The quantitative estimate of drug-likeness (QED) is 0.742. The molecule has 1 atom stereocenters. The smallest absolute Gasteiger partial charge is 0.319 e. The van der Waals surface area contributed by atoms with Crippen molar-refractivity contribution in [3.8, 4) is 0 Å². The molecule has 0 bridgehead atoms. The van der Waals surface area contributed by atoms with Crippen LogP contribution in [-0.4, -0.2) is 29.6 Å². The minimum absolute atomic E-state index is 0.103. The molecule has 0 saturated carbocycles. The number of anilines is 1. The van der Waals surface area contributed by atoms with Crippen molar-refractivity contribution in [3.05, 3.63) is 65.7 Å². The van der Waals surface area contributed by atoms with Crippen molar-refractivity contribution in [1.82, 2.24) is 5.32 Å². The van der Waals surface area contributed by atoms with E-state index in [2.05, 4.69) is 10.6 Å². The fraction of sp³-hybridized carbons (Fsp3) is 0.176. The molecule has 5 heteroatoms. The van der Waals surface area contributed by atoms with Gasteiger partial charge < -0.3 is 15.7 Å². The summed E-state index contributed by atoms with van der Waals surface area (Å²) < 4.78 is 0. The molecule has 0 saturated heterocycles. The zero-order valence-electron chi connectivity index (χ0n) is 12.2. The number of carbonyl (C=O) groups excluding carboxylic acids is 2. The Morgan fingerprint density at radius 1 is 1.05 bits per heavy atom. The van der Waals surface area contributed by atoms with Crippen LogP contribution >= 0.6 is 0 Å². The highest BCUT2D eigenvalue weighted by atomic mass is 16.3. The van der Waals surface area contributed by atoms with E-state index in [-0.39, 0.29) is 18.4 Å². The molecule has 2 aromatic rings. The summed E-state index contributed by atoms with van der Waals surface area (Å²) in [6.45, 7) is 1.55. The Morgan fingerprint density at radius 3 is 2.41 bits per heavy atom. The first kappa shape index (κ1) is 15.7. The average Bonchev–Trinajstić information content (AvgIpc) is 2.55. The summed E-state index contributed by atoms with van der Waals surface area (Å²) in [6, 6.07) is 14.9. The number of hydrogen-bond acceptors (Lipinski definition) is 3. The number of aliphatic hydroxyl groups excluding tert-OH is 1. The van der Waals surface area contributed by atoms with E-state index < -0.39 is 6.03 Å². The molecule has 5 nitrogen and oxygen atoms in total. The zero-order valence-corrected chi connectivity index (χ0v) is 12.2. The second kappa shape index (κ2) is 7.38. The van der Waals surface area contributed by atoms with Crippen molar-refractivity contribution in [3.63, 3.8) is 0 Å². The van der Waals surface area contributed by atoms with Crippen LogP contribution in [0.15, 0.2) is 54.6 Å². The molecule has 114 valence electrons. The van der Waals surface area contributed by atoms with Gasteiger partial charge in [0, 0.05) is 16.8 Å². The molecule has 0 aromatic heterocycles. The van der Waals surface area contributed by atoms with Crippen LogP contribution in [-0.2, 0) is 0 Å². The number of urea groups is 1. The minimum Gasteiger partial charge on any atom is -0.394 e. The van der Waals surface area contributed by atoms with Gasteiger partial charge in [-0.25, -0.2) is 4.79 Å². The summed E-state index contributed by atoms with van der Waals surface area (Å²) in [4.78, 5) is 24.1. The van der Waals surface area contributed by atoms with Crippen molar-refractivity contribution >= 4 is 17.5 Å². The van der Waals surface area contributed by atoms with Gasteiger partial charge in [0.1, 0.15) is 0 Å². The van der Waals surface area contributed by atoms with Crippen molar-refractivity contribution in [2.45, 2.75) is 13.0 Å². The van der Waals surface area contributed by atoms with Crippen LogP contribution in [0.25, 0.3) is 0 Å². The summed E-state index contributed by atoms with van der Waals surface area (Å²) >= 11 is 0. The molecular formula is C17H18N2O3. The van der Waals surface area contributed by atoms with Crippen molar-refractivity contribution in [2.24, 2.45) is 0 Å². The molecule has 3 N–H and O–H groups in total. The topological polar surface area (TPSA) is 78.4 Å². The molecule has 0 aliphatic carbocycles. The average molecular weight is 298 g/mol. The van der Waals surface area contributed by atoms with E-state index in [1.165, 1.54) is 0 Å². The summed E-state index contributed by atoms with van der Waals surface area (Å²) in [5.74, 6) is -0.103. The Morgan fingerprint density at radius 2 is 1.73 bits per heavy atom. The maximum Gasteiger partial charge on any atom is 0.319 e. The van der Waals surface area contributed by atoms with Crippen LogP contribution in [0.1, 0.15) is 22.8 Å². The van der Waals surface area contributed by atoms with Crippen molar-refractivity contribution in [2.75, 3.05) is 11.9 Å². The molecule has 0 aliphatic rings. The number of amides is 2. The molecule has 0 spiro atoms. The first-order valence-electron chi connectivity index (χ1n) is 6.98. The van der Waals surface area contributed by atoms with E-state index in [9.17, 15) is 9.59 Å². The second-order valence-corrected chi connectivity index (χ2v) is 4.96. The summed E-state index contributed by atoms with van der Waals surface area (Å²) in [7, 11) is 0. The predicted octanol–water partition coefficient (Wildman–Crippen LogP) is 2.42. The Hall–Kier alpha value is -2.66. The molecule has 2 aromatic carbocycles. The van der Waals surface area contributed by atoms with Gasteiger partial charge in [0.05, 0.1) is 12.6 Å². The van der Waals surface area contributed by atoms with E-state index in [0.29, 0.717) is 16.8 Å². The molecule has 1 unspecified atom stereocenters. The van der Waals surface area contributed by atoms with Crippen LogP contribution in [0.3, 0.4) is 0 Å². The fourth-order valence-corrected chi connectivity index (χ4v) is 1.93. The number of aliphatic hydroxyl groups is 1. The number of carbonyl (C=O) groups is 2. The standard InChI is InChI=1S/C17H18N2O3/c1-12(11-20)18-17(22)19-15-9-5-8-14(10-15)16(21)13-6-3-2-4-7-13/h2-10,12,20H,11H2,1H3,(H2,18,19,22). The molecule has 0 heterocycles. The number of benzene rings is 2. The van der Waals surface area contributed by atoms with E-state index in [1.54, 1.807) is 55.5 Å². The third kappa shape index (κ3) is 4.17. The van der Waals surface area contributed by atoms with Gasteiger partial charge in [-0.15, -0.1) is 0 Å². The van der Waals surface area contributed by atoms with Crippen LogP contribution < -0.4 is 10.6 Å². The van der Waals surface area contributed by atoms with Gasteiger partial charge in [-0.2, -0.15) is 0 Å². The molecule has 0 aliphatic heterocycles. The lowest BCUT2D eigenvalue weighted by molar-refractivity contribution is 0.103. The van der Waals surface area contributed by atoms with Gasteiger partial charge in [-0.1, -0.05) is 42.5 Å². The highest BCUT2D eigenvalue weighted by Gasteiger charge is 2.10. The molecule has 0 fully saturated rings. The van der Waals surface area contributed by atoms with Gasteiger partial charge in [0.15, 0.2) is 5.78 Å². The van der Waals surface area contributed by atoms with Crippen molar-refractivity contribution < 1.29 is 14.7 Å².